The predicted molar refractivity (Wildman–Crippen MR) is 109 cm³/mol. The van der Waals surface area contributed by atoms with Gasteiger partial charge in [-0.25, -0.2) is 4.99 Å². The van der Waals surface area contributed by atoms with Crippen LogP contribution in [0, 0.1) is 0 Å². The van der Waals surface area contributed by atoms with E-state index < -0.39 is 0 Å². The van der Waals surface area contributed by atoms with Crippen molar-refractivity contribution in [3.05, 3.63) is 65.7 Å². The Morgan fingerprint density at radius 2 is 1.88 bits per heavy atom. The molecule has 26 heavy (non-hydrogen) atoms. The van der Waals surface area contributed by atoms with E-state index in [-0.39, 0.29) is 0 Å². The number of aryl methyl sites for hydroxylation is 1. The number of nitrogens with two attached hydrogens (primary N) is 1. The quantitative estimate of drug-likeness (QED) is 0.565. The minimum atomic E-state index is 0.535. The van der Waals surface area contributed by atoms with Crippen LogP contribution in [0.1, 0.15) is 18.1 Å². The zero-order valence-corrected chi connectivity index (χ0v) is 15.2. The number of aliphatic imine (C=N–C) groups is 1. The standard InChI is InChI=1S/C22H23N3O/c1-3-15-7-6-10-20-16(15)13-14-25(20)22(23)24-19-11-12-21(26-2)18-9-5-4-8-17(18)19/h4-12H,3,13-14H2,1-2H3,(H2,23,24). The third-order valence-corrected chi connectivity index (χ3v) is 5.10. The van der Waals surface area contributed by atoms with Crippen LogP contribution >= 0.6 is 0 Å². The van der Waals surface area contributed by atoms with Gasteiger partial charge in [0.1, 0.15) is 5.75 Å². The van der Waals surface area contributed by atoms with Crippen LogP contribution in [-0.4, -0.2) is 19.6 Å². The van der Waals surface area contributed by atoms with Crippen molar-refractivity contribution in [3.63, 3.8) is 0 Å². The lowest BCUT2D eigenvalue weighted by molar-refractivity contribution is 0.420. The first-order chi connectivity index (χ1) is 12.7. The summed E-state index contributed by atoms with van der Waals surface area (Å²) >= 11 is 0. The van der Waals surface area contributed by atoms with Crippen molar-refractivity contribution in [1.82, 2.24) is 0 Å². The van der Waals surface area contributed by atoms with Crippen molar-refractivity contribution < 1.29 is 4.74 Å². The van der Waals surface area contributed by atoms with E-state index in [0.717, 1.165) is 41.6 Å². The molecule has 0 atom stereocenters. The Kier molecular flexibility index (Phi) is 4.25. The Labute approximate surface area is 153 Å². The van der Waals surface area contributed by atoms with E-state index in [9.17, 15) is 0 Å². The Morgan fingerprint density at radius 1 is 1.08 bits per heavy atom. The lowest BCUT2D eigenvalue weighted by atomic mass is 10.0. The number of hydrogen-bond acceptors (Lipinski definition) is 2. The summed E-state index contributed by atoms with van der Waals surface area (Å²) in [7, 11) is 1.69. The number of guanidine groups is 1. The summed E-state index contributed by atoms with van der Waals surface area (Å²) in [5, 5.41) is 2.08. The first kappa shape index (κ1) is 16.5. The van der Waals surface area contributed by atoms with E-state index in [2.05, 4.69) is 36.1 Å². The molecule has 1 aliphatic rings. The minimum Gasteiger partial charge on any atom is -0.496 e. The summed E-state index contributed by atoms with van der Waals surface area (Å²) in [4.78, 5) is 6.88. The minimum absolute atomic E-state index is 0.535. The van der Waals surface area contributed by atoms with Gasteiger partial charge in [0, 0.05) is 23.0 Å². The van der Waals surface area contributed by atoms with Crippen molar-refractivity contribution >= 4 is 28.1 Å². The number of fused-ring (bicyclic) bond motifs is 2. The van der Waals surface area contributed by atoms with Gasteiger partial charge < -0.3 is 15.4 Å². The molecule has 0 fully saturated rings. The molecule has 4 heteroatoms. The zero-order valence-electron chi connectivity index (χ0n) is 15.2. The summed E-state index contributed by atoms with van der Waals surface area (Å²) < 4.78 is 5.47. The first-order valence-electron chi connectivity index (χ1n) is 9.01. The van der Waals surface area contributed by atoms with Gasteiger partial charge >= 0.3 is 0 Å². The molecule has 4 rings (SSSR count). The van der Waals surface area contributed by atoms with Gasteiger partial charge in [-0.3, -0.25) is 0 Å². The van der Waals surface area contributed by atoms with Gasteiger partial charge in [-0.1, -0.05) is 43.3 Å². The van der Waals surface area contributed by atoms with Crippen LogP contribution in [0.3, 0.4) is 0 Å². The normalized spacial score (nSPS) is 13.9. The summed E-state index contributed by atoms with van der Waals surface area (Å²) in [6.07, 6.45) is 2.05. The highest BCUT2D eigenvalue weighted by molar-refractivity contribution is 6.03. The van der Waals surface area contributed by atoms with E-state index >= 15 is 0 Å². The average molecular weight is 345 g/mol. The van der Waals surface area contributed by atoms with Crippen LogP contribution in [-0.2, 0) is 12.8 Å². The average Bonchev–Trinajstić information content (AvgIpc) is 3.12. The van der Waals surface area contributed by atoms with Crippen LogP contribution in [0.5, 0.6) is 5.75 Å². The molecule has 4 nitrogen and oxygen atoms in total. The molecular formula is C22H23N3O. The zero-order chi connectivity index (χ0) is 18.1. The van der Waals surface area contributed by atoms with Crippen LogP contribution in [0.4, 0.5) is 11.4 Å². The molecule has 0 aliphatic carbocycles. The molecule has 3 aromatic carbocycles. The van der Waals surface area contributed by atoms with Gasteiger partial charge in [0.05, 0.1) is 12.8 Å². The van der Waals surface area contributed by atoms with Crippen LogP contribution in [0.25, 0.3) is 10.8 Å². The summed E-state index contributed by atoms with van der Waals surface area (Å²) in [5.41, 5.74) is 11.3. The van der Waals surface area contributed by atoms with E-state index in [1.165, 1.54) is 16.8 Å². The topological polar surface area (TPSA) is 50.8 Å². The molecule has 1 heterocycles. The van der Waals surface area contributed by atoms with Gasteiger partial charge in [0.2, 0.25) is 5.96 Å². The van der Waals surface area contributed by atoms with Crippen molar-refractivity contribution in [2.45, 2.75) is 19.8 Å². The maximum Gasteiger partial charge on any atom is 0.201 e. The molecule has 3 aromatic rings. The number of anilines is 1. The fourth-order valence-electron chi connectivity index (χ4n) is 3.79. The molecule has 1 aliphatic heterocycles. The van der Waals surface area contributed by atoms with Gasteiger partial charge in [0.25, 0.3) is 0 Å². The molecule has 0 radical (unpaired) electrons. The molecule has 0 amide bonds. The number of methoxy groups -OCH3 is 1. The van der Waals surface area contributed by atoms with Gasteiger partial charge in [-0.2, -0.15) is 0 Å². The number of hydrogen-bond donors (Lipinski definition) is 1. The third kappa shape index (κ3) is 2.68. The highest BCUT2D eigenvalue weighted by Gasteiger charge is 2.23. The first-order valence-corrected chi connectivity index (χ1v) is 9.01. The van der Waals surface area contributed by atoms with E-state index in [1.807, 2.05) is 30.3 Å². The molecule has 0 spiro atoms. The summed E-state index contributed by atoms with van der Waals surface area (Å²) in [6, 6.07) is 18.5. The van der Waals surface area contributed by atoms with Crippen LogP contribution in [0.15, 0.2) is 59.6 Å². The molecule has 2 N–H and O–H groups in total. The second kappa shape index (κ2) is 6.71. The van der Waals surface area contributed by atoms with Gasteiger partial charge in [-0.05, 0) is 42.2 Å². The van der Waals surface area contributed by atoms with E-state index in [1.54, 1.807) is 7.11 Å². The third-order valence-electron chi connectivity index (χ3n) is 5.10. The Morgan fingerprint density at radius 3 is 2.65 bits per heavy atom. The van der Waals surface area contributed by atoms with Gasteiger partial charge in [-0.15, -0.1) is 0 Å². The molecule has 0 saturated carbocycles. The number of benzene rings is 3. The van der Waals surface area contributed by atoms with Crippen molar-refractivity contribution in [2.75, 3.05) is 18.6 Å². The molecule has 132 valence electrons. The fourth-order valence-corrected chi connectivity index (χ4v) is 3.79. The molecule has 0 bridgehead atoms. The van der Waals surface area contributed by atoms with Crippen molar-refractivity contribution in [1.29, 1.82) is 0 Å². The monoisotopic (exact) mass is 345 g/mol. The Balaban J connectivity index is 1.76. The molecular weight excluding hydrogens is 322 g/mol. The number of nitrogens with zero attached hydrogens (tertiary/aromatic N) is 2. The maximum absolute atomic E-state index is 6.42. The second-order valence-corrected chi connectivity index (χ2v) is 6.47. The van der Waals surface area contributed by atoms with Crippen LogP contribution in [0.2, 0.25) is 0 Å². The lowest BCUT2D eigenvalue weighted by Crippen LogP contribution is -2.35. The molecule has 0 saturated heterocycles. The highest BCUT2D eigenvalue weighted by Crippen LogP contribution is 2.35. The second-order valence-electron chi connectivity index (χ2n) is 6.47. The smallest absolute Gasteiger partial charge is 0.201 e. The fraction of sp³-hybridized carbons (Fsp3) is 0.227. The van der Waals surface area contributed by atoms with Crippen molar-refractivity contribution in [2.24, 2.45) is 10.7 Å². The molecule has 0 aromatic heterocycles. The van der Waals surface area contributed by atoms with Crippen LogP contribution < -0.4 is 15.4 Å². The highest BCUT2D eigenvalue weighted by atomic mass is 16.5. The lowest BCUT2D eigenvalue weighted by Gasteiger charge is -2.19. The summed E-state index contributed by atoms with van der Waals surface area (Å²) in [5.74, 6) is 1.38. The van der Waals surface area contributed by atoms with E-state index in [4.69, 9.17) is 15.5 Å². The Bertz CT molecular complexity index is 994. The number of rotatable bonds is 3. The van der Waals surface area contributed by atoms with Crippen molar-refractivity contribution in [3.8, 4) is 5.75 Å². The molecule has 0 unspecified atom stereocenters. The maximum atomic E-state index is 6.42. The SMILES string of the molecule is CCc1cccc2c1CCN2C(N)=Nc1ccc(OC)c2ccccc12. The predicted octanol–water partition coefficient (Wildman–Crippen LogP) is 4.42. The number of ether oxygens (including phenoxy) is 1. The largest absolute Gasteiger partial charge is 0.496 e. The van der Waals surface area contributed by atoms with Gasteiger partial charge in [0.15, 0.2) is 0 Å². The Hall–Kier alpha value is -3.01. The summed E-state index contributed by atoms with van der Waals surface area (Å²) in [6.45, 7) is 3.06. The van der Waals surface area contributed by atoms with E-state index in [0.29, 0.717) is 5.96 Å².